The third-order valence-electron chi connectivity index (χ3n) is 3.45. The summed E-state index contributed by atoms with van der Waals surface area (Å²) in [5, 5.41) is 2.65. The summed E-state index contributed by atoms with van der Waals surface area (Å²) < 4.78 is 48.0. The number of methoxy groups -OCH3 is 2. The molecular formula is C17H16F3NO3. The first-order chi connectivity index (χ1) is 11.3. The van der Waals surface area contributed by atoms with Crippen LogP contribution in [0.25, 0.3) is 0 Å². The van der Waals surface area contributed by atoms with Gasteiger partial charge in [0.25, 0.3) is 5.91 Å². The molecule has 0 spiro atoms. The first-order valence-electron chi connectivity index (χ1n) is 6.97. The minimum absolute atomic E-state index is 0.122. The quantitative estimate of drug-likeness (QED) is 0.904. The molecule has 0 radical (unpaired) electrons. The summed E-state index contributed by atoms with van der Waals surface area (Å²) in [7, 11) is 2.96. The van der Waals surface area contributed by atoms with Crippen LogP contribution in [0.15, 0.2) is 36.4 Å². The highest BCUT2D eigenvalue weighted by atomic mass is 19.4. The van der Waals surface area contributed by atoms with Crippen molar-refractivity contribution in [1.29, 1.82) is 0 Å². The largest absolute Gasteiger partial charge is 0.493 e. The molecule has 0 bridgehead atoms. The molecule has 0 aliphatic rings. The number of ether oxygens (including phenoxy) is 2. The van der Waals surface area contributed by atoms with Crippen LogP contribution in [-0.4, -0.2) is 20.1 Å². The average molecular weight is 339 g/mol. The standard InChI is InChI=1S/C17H16F3NO3/c1-10-8-14(23-2)15(24-3)9-13(10)21-16(22)11-4-6-12(7-5-11)17(18,19)20/h4-9H,1-3H3,(H,21,22). The molecule has 128 valence electrons. The second kappa shape index (κ2) is 6.82. The van der Waals surface area contributed by atoms with Crippen molar-refractivity contribution in [2.45, 2.75) is 13.1 Å². The first-order valence-corrected chi connectivity index (χ1v) is 6.97. The fourth-order valence-corrected chi connectivity index (χ4v) is 2.12. The van der Waals surface area contributed by atoms with Gasteiger partial charge in [0.2, 0.25) is 0 Å². The number of anilines is 1. The molecule has 0 aromatic heterocycles. The Bertz CT molecular complexity index is 740. The molecule has 2 aromatic carbocycles. The molecule has 0 atom stereocenters. The maximum atomic E-state index is 12.5. The summed E-state index contributed by atoms with van der Waals surface area (Å²) in [5.41, 5.74) is 0.531. The van der Waals surface area contributed by atoms with Crippen molar-refractivity contribution in [3.63, 3.8) is 0 Å². The maximum Gasteiger partial charge on any atom is 0.416 e. The Kier molecular flexibility index (Phi) is 5.02. The second-order valence-electron chi connectivity index (χ2n) is 5.05. The molecular weight excluding hydrogens is 323 g/mol. The van der Waals surface area contributed by atoms with Crippen LogP contribution in [-0.2, 0) is 6.18 Å². The Morgan fingerprint density at radius 1 is 1.00 bits per heavy atom. The van der Waals surface area contributed by atoms with Crippen LogP contribution in [0, 0.1) is 6.92 Å². The third-order valence-corrected chi connectivity index (χ3v) is 3.45. The number of carbonyl (C=O) groups excluding carboxylic acids is 1. The number of amides is 1. The molecule has 2 aromatic rings. The molecule has 4 nitrogen and oxygen atoms in total. The summed E-state index contributed by atoms with van der Waals surface area (Å²) in [6.07, 6.45) is -4.44. The van der Waals surface area contributed by atoms with Crippen LogP contribution in [0.4, 0.5) is 18.9 Å². The summed E-state index contributed by atoms with van der Waals surface area (Å²) in [6.45, 7) is 1.77. The number of aryl methyl sites for hydroxylation is 1. The monoisotopic (exact) mass is 339 g/mol. The lowest BCUT2D eigenvalue weighted by molar-refractivity contribution is -0.137. The Morgan fingerprint density at radius 3 is 2.04 bits per heavy atom. The van der Waals surface area contributed by atoms with E-state index >= 15 is 0 Å². The minimum Gasteiger partial charge on any atom is -0.493 e. The van der Waals surface area contributed by atoms with E-state index in [1.165, 1.54) is 14.2 Å². The lowest BCUT2D eigenvalue weighted by Crippen LogP contribution is -2.14. The number of rotatable bonds is 4. The summed E-state index contributed by atoms with van der Waals surface area (Å²) in [5.74, 6) is 0.437. The van der Waals surface area contributed by atoms with Gasteiger partial charge in [0.05, 0.1) is 19.8 Å². The molecule has 0 saturated heterocycles. The molecule has 0 aliphatic carbocycles. The number of alkyl halides is 3. The van der Waals surface area contributed by atoms with E-state index < -0.39 is 17.6 Å². The molecule has 0 unspecified atom stereocenters. The van der Waals surface area contributed by atoms with Gasteiger partial charge in [-0.05, 0) is 42.8 Å². The van der Waals surface area contributed by atoms with Crippen molar-refractivity contribution in [2.75, 3.05) is 19.5 Å². The highest BCUT2D eigenvalue weighted by molar-refractivity contribution is 6.04. The van der Waals surface area contributed by atoms with E-state index in [2.05, 4.69) is 5.32 Å². The zero-order valence-corrected chi connectivity index (χ0v) is 13.3. The molecule has 1 N–H and O–H groups in total. The normalized spacial score (nSPS) is 11.1. The van der Waals surface area contributed by atoms with Crippen molar-refractivity contribution in [1.82, 2.24) is 0 Å². The van der Waals surface area contributed by atoms with Gasteiger partial charge in [-0.25, -0.2) is 0 Å². The van der Waals surface area contributed by atoms with Gasteiger partial charge in [-0.15, -0.1) is 0 Å². The molecule has 2 rings (SSSR count). The van der Waals surface area contributed by atoms with Gasteiger partial charge >= 0.3 is 6.18 Å². The molecule has 0 heterocycles. The zero-order valence-electron chi connectivity index (χ0n) is 13.3. The van der Waals surface area contributed by atoms with Gasteiger partial charge in [0.15, 0.2) is 11.5 Å². The van der Waals surface area contributed by atoms with Crippen LogP contribution in [0.2, 0.25) is 0 Å². The average Bonchev–Trinajstić information content (AvgIpc) is 2.55. The second-order valence-corrected chi connectivity index (χ2v) is 5.05. The van der Waals surface area contributed by atoms with Crippen molar-refractivity contribution in [3.05, 3.63) is 53.1 Å². The molecule has 0 saturated carbocycles. The van der Waals surface area contributed by atoms with Crippen molar-refractivity contribution >= 4 is 11.6 Å². The topological polar surface area (TPSA) is 47.6 Å². The van der Waals surface area contributed by atoms with E-state index in [-0.39, 0.29) is 5.56 Å². The molecule has 7 heteroatoms. The van der Waals surface area contributed by atoms with E-state index in [1.807, 2.05) is 0 Å². The van der Waals surface area contributed by atoms with E-state index in [0.29, 0.717) is 17.2 Å². The summed E-state index contributed by atoms with van der Waals surface area (Å²) in [6, 6.07) is 7.30. The lowest BCUT2D eigenvalue weighted by Gasteiger charge is -2.14. The molecule has 0 aliphatic heterocycles. The van der Waals surface area contributed by atoms with Crippen LogP contribution in [0.5, 0.6) is 11.5 Å². The predicted molar refractivity (Wildman–Crippen MR) is 83.7 cm³/mol. The summed E-state index contributed by atoms with van der Waals surface area (Å²) >= 11 is 0. The van der Waals surface area contributed by atoms with Crippen molar-refractivity contribution in [3.8, 4) is 11.5 Å². The van der Waals surface area contributed by atoms with Gasteiger partial charge < -0.3 is 14.8 Å². The van der Waals surface area contributed by atoms with Gasteiger partial charge in [-0.1, -0.05) is 0 Å². The zero-order chi connectivity index (χ0) is 17.9. The van der Waals surface area contributed by atoms with E-state index in [4.69, 9.17) is 9.47 Å². The third kappa shape index (κ3) is 3.79. The Hall–Kier alpha value is -2.70. The number of hydrogen-bond acceptors (Lipinski definition) is 3. The van der Waals surface area contributed by atoms with Gasteiger partial charge in [-0.3, -0.25) is 4.79 Å². The number of hydrogen-bond donors (Lipinski definition) is 1. The summed E-state index contributed by atoms with van der Waals surface area (Å²) in [4.78, 5) is 12.2. The van der Waals surface area contributed by atoms with Gasteiger partial charge in [-0.2, -0.15) is 13.2 Å². The maximum absolute atomic E-state index is 12.5. The Labute approximate surface area is 137 Å². The van der Waals surface area contributed by atoms with Crippen LogP contribution >= 0.6 is 0 Å². The van der Waals surface area contributed by atoms with Crippen molar-refractivity contribution < 1.29 is 27.4 Å². The SMILES string of the molecule is COc1cc(C)c(NC(=O)c2ccc(C(F)(F)F)cc2)cc1OC. The van der Waals surface area contributed by atoms with Crippen molar-refractivity contribution in [2.24, 2.45) is 0 Å². The van der Waals surface area contributed by atoms with Crippen LogP contribution in [0.1, 0.15) is 21.5 Å². The fraction of sp³-hybridized carbons (Fsp3) is 0.235. The van der Waals surface area contributed by atoms with Gasteiger partial charge in [0.1, 0.15) is 0 Å². The molecule has 24 heavy (non-hydrogen) atoms. The number of halogens is 3. The number of carbonyl (C=O) groups is 1. The van der Waals surface area contributed by atoms with E-state index in [9.17, 15) is 18.0 Å². The van der Waals surface area contributed by atoms with Gasteiger partial charge in [0, 0.05) is 17.3 Å². The fourth-order valence-electron chi connectivity index (χ4n) is 2.12. The lowest BCUT2D eigenvalue weighted by atomic mass is 10.1. The number of benzene rings is 2. The highest BCUT2D eigenvalue weighted by Gasteiger charge is 2.30. The van der Waals surface area contributed by atoms with E-state index in [0.717, 1.165) is 29.8 Å². The smallest absolute Gasteiger partial charge is 0.416 e. The van der Waals surface area contributed by atoms with E-state index in [1.54, 1.807) is 19.1 Å². The first kappa shape index (κ1) is 17.7. The highest BCUT2D eigenvalue weighted by Crippen LogP contribution is 2.33. The Balaban J connectivity index is 2.23. The van der Waals surface area contributed by atoms with Crippen LogP contribution < -0.4 is 14.8 Å². The molecule has 0 fully saturated rings. The molecule has 1 amide bonds. The van der Waals surface area contributed by atoms with Crippen LogP contribution in [0.3, 0.4) is 0 Å². The Morgan fingerprint density at radius 2 is 1.54 bits per heavy atom. The minimum atomic E-state index is -4.44. The predicted octanol–water partition coefficient (Wildman–Crippen LogP) is 4.28. The number of nitrogens with one attached hydrogen (secondary N) is 1.